The van der Waals surface area contributed by atoms with E-state index in [0.29, 0.717) is 19.4 Å². The van der Waals surface area contributed by atoms with Gasteiger partial charge in [0.1, 0.15) is 5.82 Å². The van der Waals surface area contributed by atoms with E-state index in [-0.39, 0.29) is 11.8 Å². The number of carbonyl (C=O) groups is 1. The SMILES string of the molecule is COC(=O)CCCNc1ccc(F)cc1C. The Kier molecular flexibility index (Phi) is 4.76. The van der Waals surface area contributed by atoms with Crippen molar-refractivity contribution in [2.45, 2.75) is 19.8 Å². The second-order valence-corrected chi connectivity index (χ2v) is 3.57. The number of aryl methyl sites for hydroxylation is 1. The highest BCUT2D eigenvalue weighted by Crippen LogP contribution is 2.15. The molecule has 0 saturated carbocycles. The summed E-state index contributed by atoms with van der Waals surface area (Å²) >= 11 is 0. The van der Waals surface area contributed by atoms with Crippen molar-refractivity contribution in [2.75, 3.05) is 19.0 Å². The van der Waals surface area contributed by atoms with Crippen LogP contribution in [0.1, 0.15) is 18.4 Å². The Hall–Kier alpha value is -1.58. The molecule has 0 heterocycles. The highest BCUT2D eigenvalue weighted by atomic mass is 19.1. The van der Waals surface area contributed by atoms with Crippen LogP contribution >= 0.6 is 0 Å². The first-order valence-electron chi connectivity index (χ1n) is 5.20. The van der Waals surface area contributed by atoms with Gasteiger partial charge in [0.15, 0.2) is 0 Å². The Morgan fingerprint density at radius 3 is 2.88 bits per heavy atom. The summed E-state index contributed by atoms with van der Waals surface area (Å²) in [7, 11) is 1.37. The van der Waals surface area contributed by atoms with Gasteiger partial charge in [0.25, 0.3) is 0 Å². The summed E-state index contributed by atoms with van der Waals surface area (Å²) in [6.07, 6.45) is 1.09. The second-order valence-electron chi connectivity index (χ2n) is 3.57. The van der Waals surface area contributed by atoms with Gasteiger partial charge in [-0.25, -0.2) is 4.39 Å². The van der Waals surface area contributed by atoms with Crippen LogP contribution in [0.3, 0.4) is 0 Å². The lowest BCUT2D eigenvalue weighted by molar-refractivity contribution is -0.140. The van der Waals surface area contributed by atoms with Crippen molar-refractivity contribution in [2.24, 2.45) is 0 Å². The van der Waals surface area contributed by atoms with Gasteiger partial charge in [-0.15, -0.1) is 0 Å². The molecule has 88 valence electrons. The predicted octanol–water partition coefficient (Wildman–Crippen LogP) is 2.50. The fraction of sp³-hybridized carbons (Fsp3) is 0.417. The molecular formula is C12H16FNO2. The fourth-order valence-electron chi connectivity index (χ4n) is 1.38. The first kappa shape index (κ1) is 12.5. The van der Waals surface area contributed by atoms with Crippen LogP contribution < -0.4 is 5.32 Å². The minimum Gasteiger partial charge on any atom is -0.469 e. The molecule has 16 heavy (non-hydrogen) atoms. The van der Waals surface area contributed by atoms with Gasteiger partial charge >= 0.3 is 5.97 Å². The van der Waals surface area contributed by atoms with Crippen molar-refractivity contribution < 1.29 is 13.9 Å². The number of halogens is 1. The molecule has 1 rings (SSSR count). The molecule has 4 heteroatoms. The molecule has 0 atom stereocenters. The van der Waals surface area contributed by atoms with Gasteiger partial charge in [-0.05, 0) is 37.1 Å². The van der Waals surface area contributed by atoms with Crippen LogP contribution in [0.2, 0.25) is 0 Å². The zero-order valence-electron chi connectivity index (χ0n) is 9.55. The van der Waals surface area contributed by atoms with E-state index < -0.39 is 0 Å². The first-order chi connectivity index (χ1) is 7.63. The third-order valence-corrected chi connectivity index (χ3v) is 2.29. The van der Waals surface area contributed by atoms with Gasteiger partial charge in [-0.3, -0.25) is 4.79 Å². The van der Waals surface area contributed by atoms with E-state index in [0.717, 1.165) is 11.3 Å². The lowest BCUT2D eigenvalue weighted by Gasteiger charge is -2.08. The molecule has 1 aromatic rings. The smallest absolute Gasteiger partial charge is 0.305 e. The molecule has 0 bridgehead atoms. The predicted molar refractivity (Wildman–Crippen MR) is 60.9 cm³/mol. The number of benzene rings is 1. The van der Waals surface area contributed by atoms with Crippen LogP contribution in [0.5, 0.6) is 0 Å². The second kappa shape index (κ2) is 6.10. The number of rotatable bonds is 5. The van der Waals surface area contributed by atoms with Gasteiger partial charge in [-0.1, -0.05) is 0 Å². The monoisotopic (exact) mass is 225 g/mol. The average molecular weight is 225 g/mol. The van der Waals surface area contributed by atoms with Gasteiger partial charge in [-0.2, -0.15) is 0 Å². The summed E-state index contributed by atoms with van der Waals surface area (Å²) in [6, 6.07) is 4.58. The molecular weight excluding hydrogens is 209 g/mol. The molecule has 0 aliphatic rings. The Bertz CT molecular complexity index is 366. The van der Waals surface area contributed by atoms with E-state index in [1.54, 1.807) is 6.07 Å². The number of hydrogen-bond acceptors (Lipinski definition) is 3. The standard InChI is InChI=1S/C12H16FNO2/c1-9-8-10(13)5-6-11(9)14-7-3-4-12(15)16-2/h5-6,8,14H,3-4,7H2,1-2H3. The minimum atomic E-state index is -0.238. The van der Waals surface area contributed by atoms with Crippen LogP contribution in [0, 0.1) is 12.7 Å². The Morgan fingerprint density at radius 1 is 1.50 bits per heavy atom. The van der Waals surface area contributed by atoms with Gasteiger partial charge in [0, 0.05) is 18.7 Å². The highest BCUT2D eigenvalue weighted by Gasteiger charge is 2.01. The first-order valence-corrected chi connectivity index (χ1v) is 5.20. The van der Waals surface area contributed by atoms with Gasteiger partial charge in [0.05, 0.1) is 7.11 Å². The van der Waals surface area contributed by atoms with Crippen molar-refractivity contribution in [3.8, 4) is 0 Å². The average Bonchev–Trinajstić information content (AvgIpc) is 2.26. The molecule has 0 spiro atoms. The number of esters is 1. The molecule has 0 aliphatic carbocycles. The minimum absolute atomic E-state index is 0.211. The number of nitrogens with one attached hydrogen (secondary N) is 1. The van der Waals surface area contributed by atoms with E-state index in [1.165, 1.54) is 19.2 Å². The van der Waals surface area contributed by atoms with E-state index in [2.05, 4.69) is 10.1 Å². The van der Waals surface area contributed by atoms with Crippen molar-refractivity contribution in [3.05, 3.63) is 29.6 Å². The van der Waals surface area contributed by atoms with E-state index in [1.807, 2.05) is 6.92 Å². The Balaban J connectivity index is 2.35. The summed E-state index contributed by atoms with van der Waals surface area (Å²) in [4.78, 5) is 10.8. The van der Waals surface area contributed by atoms with Crippen LogP contribution in [0.25, 0.3) is 0 Å². The quantitative estimate of drug-likeness (QED) is 0.618. The molecule has 0 saturated heterocycles. The van der Waals surface area contributed by atoms with Crippen molar-refractivity contribution in [1.29, 1.82) is 0 Å². The maximum atomic E-state index is 12.8. The molecule has 0 aromatic heterocycles. The molecule has 0 unspecified atom stereocenters. The number of hydrogen-bond donors (Lipinski definition) is 1. The molecule has 0 radical (unpaired) electrons. The third-order valence-electron chi connectivity index (χ3n) is 2.29. The van der Waals surface area contributed by atoms with Gasteiger partial charge < -0.3 is 10.1 Å². The molecule has 1 aromatic carbocycles. The van der Waals surface area contributed by atoms with Crippen LogP contribution in [0.15, 0.2) is 18.2 Å². The van der Waals surface area contributed by atoms with Crippen LogP contribution in [-0.2, 0) is 9.53 Å². The Labute approximate surface area is 94.6 Å². The zero-order chi connectivity index (χ0) is 12.0. The summed E-state index contributed by atoms with van der Waals surface area (Å²) in [5, 5.41) is 3.15. The third kappa shape index (κ3) is 3.88. The molecule has 0 amide bonds. The molecule has 3 nitrogen and oxygen atoms in total. The van der Waals surface area contributed by atoms with Crippen molar-refractivity contribution in [1.82, 2.24) is 0 Å². The normalized spacial score (nSPS) is 9.94. The maximum absolute atomic E-state index is 12.8. The van der Waals surface area contributed by atoms with E-state index >= 15 is 0 Å². The number of anilines is 1. The van der Waals surface area contributed by atoms with Crippen molar-refractivity contribution >= 4 is 11.7 Å². The van der Waals surface area contributed by atoms with Crippen LogP contribution in [0.4, 0.5) is 10.1 Å². The lowest BCUT2D eigenvalue weighted by atomic mass is 10.2. The van der Waals surface area contributed by atoms with E-state index in [4.69, 9.17) is 0 Å². The largest absolute Gasteiger partial charge is 0.469 e. The highest BCUT2D eigenvalue weighted by molar-refractivity contribution is 5.69. The summed E-state index contributed by atoms with van der Waals surface area (Å²) in [5.41, 5.74) is 1.75. The van der Waals surface area contributed by atoms with E-state index in [9.17, 15) is 9.18 Å². The van der Waals surface area contributed by atoms with Gasteiger partial charge in [0.2, 0.25) is 0 Å². The lowest BCUT2D eigenvalue weighted by Crippen LogP contribution is -2.07. The summed E-state index contributed by atoms with van der Waals surface area (Å²) < 4.78 is 17.3. The Morgan fingerprint density at radius 2 is 2.25 bits per heavy atom. The number of carbonyl (C=O) groups excluding carboxylic acids is 1. The number of methoxy groups -OCH3 is 1. The topological polar surface area (TPSA) is 38.3 Å². The zero-order valence-corrected chi connectivity index (χ0v) is 9.55. The summed E-state index contributed by atoms with van der Waals surface area (Å²) in [6.45, 7) is 2.51. The fourth-order valence-corrected chi connectivity index (χ4v) is 1.38. The van der Waals surface area contributed by atoms with Crippen molar-refractivity contribution in [3.63, 3.8) is 0 Å². The van der Waals surface area contributed by atoms with Crippen LogP contribution in [-0.4, -0.2) is 19.6 Å². The molecule has 1 N–H and O–H groups in total. The summed E-state index contributed by atoms with van der Waals surface area (Å²) in [5.74, 6) is -0.449. The molecule has 0 fully saturated rings. The maximum Gasteiger partial charge on any atom is 0.305 e. The number of ether oxygens (including phenoxy) is 1. The molecule has 0 aliphatic heterocycles.